The number of pyridine rings is 1. The van der Waals surface area contributed by atoms with Gasteiger partial charge in [-0.2, -0.15) is 9.97 Å². The molecule has 1 aliphatic rings. The largest absolute Gasteiger partial charge is 0.481 e. The standard InChI is InChI=1S/C16H20N4O5/c1-22-14-4-3-12(15(18-14)23-2)16(21)20-7-5-11(6-8-20)24-9-13-17-10-25-19-13/h3-4,10-11H,5-9H2,1-2H3. The van der Waals surface area contributed by atoms with Gasteiger partial charge >= 0.3 is 0 Å². The molecule has 0 aliphatic carbocycles. The Morgan fingerprint density at radius 2 is 2.08 bits per heavy atom. The van der Waals surface area contributed by atoms with Crippen molar-refractivity contribution in [3.8, 4) is 11.8 Å². The highest BCUT2D eigenvalue weighted by atomic mass is 16.5. The highest BCUT2D eigenvalue weighted by molar-refractivity contribution is 5.96. The van der Waals surface area contributed by atoms with Gasteiger partial charge in [0.25, 0.3) is 5.91 Å². The van der Waals surface area contributed by atoms with Crippen LogP contribution in [0.3, 0.4) is 0 Å². The summed E-state index contributed by atoms with van der Waals surface area (Å²) in [6, 6.07) is 3.32. The second kappa shape index (κ2) is 7.93. The first kappa shape index (κ1) is 17.2. The molecule has 0 spiro atoms. The minimum atomic E-state index is -0.108. The van der Waals surface area contributed by atoms with Crippen LogP contribution < -0.4 is 9.47 Å². The van der Waals surface area contributed by atoms with Gasteiger partial charge < -0.3 is 23.6 Å². The first-order valence-corrected chi connectivity index (χ1v) is 7.96. The number of hydrogen-bond donors (Lipinski definition) is 0. The Hall–Kier alpha value is -2.68. The molecule has 134 valence electrons. The van der Waals surface area contributed by atoms with Gasteiger partial charge in [0.1, 0.15) is 12.2 Å². The molecule has 3 rings (SSSR count). The third-order valence-corrected chi connectivity index (χ3v) is 4.05. The molecule has 2 aromatic heterocycles. The summed E-state index contributed by atoms with van der Waals surface area (Å²) in [6.45, 7) is 1.52. The van der Waals surface area contributed by atoms with Crippen molar-refractivity contribution < 1.29 is 23.5 Å². The number of piperidine rings is 1. The summed E-state index contributed by atoms with van der Waals surface area (Å²) in [7, 11) is 3.00. The Kier molecular flexibility index (Phi) is 5.44. The number of amides is 1. The van der Waals surface area contributed by atoms with Crippen molar-refractivity contribution in [1.82, 2.24) is 20.0 Å². The van der Waals surface area contributed by atoms with Crippen molar-refractivity contribution in [2.24, 2.45) is 0 Å². The molecular formula is C16H20N4O5. The molecule has 0 aromatic carbocycles. The van der Waals surface area contributed by atoms with E-state index in [2.05, 4.69) is 19.6 Å². The zero-order valence-corrected chi connectivity index (χ0v) is 14.2. The van der Waals surface area contributed by atoms with E-state index in [1.807, 2.05) is 0 Å². The molecule has 0 unspecified atom stereocenters. The van der Waals surface area contributed by atoms with Gasteiger partial charge in [0.15, 0.2) is 5.82 Å². The first-order valence-electron chi connectivity index (χ1n) is 7.96. The molecule has 0 N–H and O–H groups in total. The van der Waals surface area contributed by atoms with Crippen molar-refractivity contribution in [3.63, 3.8) is 0 Å². The van der Waals surface area contributed by atoms with Gasteiger partial charge in [-0.1, -0.05) is 5.16 Å². The van der Waals surface area contributed by atoms with Crippen LogP contribution in [-0.2, 0) is 11.3 Å². The lowest BCUT2D eigenvalue weighted by Gasteiger charge is -2.32. The van der Waals surface area contributed by atoms with Gasteiger partial charge in [-0.3, -0.25) is 4.79 Å². The fourth-order valence-corrected chi connectivity index (χ4v) is 2.70. The van der Waals surface area contributed by atoms with Gasteiger partial charge in [0, 0.05) is 19.2 Å². The van der Waals surface area contributed by atoms with Gasteiger partial charge in [0.05, 0.1) is 20.3 Å². The topological polar surface area (TPSA) is 99.8 Å². The predicted octanol–water partition coefficient (Wildman–Crippen LogP) is 1.30. The number of methoxy groups -OCH3 is 2. The zero-order valence-electron chi connectivity index (χ0n) is 14.2. The third kappa shape index (κ3) is 4.05. The van der Waals surface area contributed by atoms with E-state index in [4.69, 9.17) is 14.2 Å². The molecule has 0 atom stereocenters. The quantitative estimate of drug-likeness (QED) is 0.770. The van der Waals surface area contributed by atoms with Crippen LogP contribution in [0.15, 0.2) is 23.0 Å². The molecule has 2 aromatic rings. The normalized spacial score (nSPS) is 15.2. The fourth-order valence-electron chi connectivity index (χ4n) is 2.70. The van der Waals surface area contributed by atoms with Crippen LogP contribution in [0.1, 0.15) is 29.0 Å². The summed E-state index contributed by atoms with van der Waals surface area (Å²) in [6.07, 6.45) is 2.83. The zero-order chi connectivity index (χ0) is 17.6. The second-order valence-electron chi connectivity index (χ2n) is 5.56. The highest BCUT2D eigenvalue weighted by Gasteiger charge is 2.26. The van der Waals surface area contributed by atoms with Crippen LogP contribution in [0.25, 0.3) is 0 Å². The number of rotatable bonds is 6. The molecule has 9 nitrogen and oxygen atoms in total. The van der Waals surface area contributed by atoms with E-state index in [9.17, 15) is 4.79 Å². The maximum atomic E-state index is 12.7. The number of nitrogens with zero attached hydrogens (tertiary/aromatic N) is 4. The summed E-state index contributed by atoms with van der Waals surface area (Å²) >= 11 is 0. The second-order valence-corrected chi connectivity index (χ2v) is 5.56. The summed E-state index contributed by atoms with van der Waals surface area (Å²) in [4.78, 5) is 22.6. The Labute approximate surface area is 144 Å². The Morgan fingerprint density at radius 1 is 1.28 bits per heavy atom. The minimum absolute atomic E-state index is 0.0680. The highest BCUT2D eigenvalue weighted by Crippen LogP contribution is 2.23. The fraction of sp³-hybridized carbons (Fsp3) is 0.500. The summed E-state index contributed by atoms with van der Waals surface area (Å²) in [5, 5.41) is 3.71. The Morgan fingerprint density at radius 3 is 2.72 bits per heavy atom. The van der Waals surface area contributed by atoms with Crippen LogP contribution in [0, 0.1) is 0 Å². The first-order chi connectivity index (χ1) is 12.2. The monoisotopic (exact) mass is 348 g/mol. The number of likely N-dealkylation sites (tertiary alicyclic amines) is 1. The maximum absolute atomic E-state index is 12.7. The van der Waals surface area contributed by atoms with E-state index in [1.165, 1.54) is 20.6 Å². The molecule has 1 amide bonds. The van der Waals surface area contributed by atoms with Crippen molar-refractivity contribution >= 4 is 5.91 Å². The van der Waals surface area contributed by atoms with Gasteiger partial charge in [0.2, 0.25) is 18.2 Å². The molecule has 0 radical (unpaired) electrons. The average Bonchev–Trinajstić information content (AvgIpc) is 3.19. The van der Waals surface area contributed by atoms with E-state index in [0.29, 0.717) is 37.0 Å². The van der Waals surface area contributed by atoms with Crippen molar-refractivity contribution in [3.05, 3.63) is 29.9 Å². The minimum Gasteiger partial charge on any atom is -0.481 e. The number of aromatic nitrogens is 3. The number of carbonyl (C=O) groups excluding carboxylic acids is 1. The maximum Gasteiger partial charge on any atom is 0.259 e. The summed E-state index contributed by atoms with van der Waals surface area (Å²) in [5.41, 5.74) is 0.425. The molecule has 0 bridgehead atoms. The SMILES string of the molecule is COc1ccc(C(=O)N2CCC(OCc3ncon3)CC2)c(OC)n1. The summed E-state index contributed by atoms with van der Waals surface area (Å²) < 4.78 is 20.7. The lowest BCUT2D eigenvalue weighted by atomic mass is 10.1. The van der Waals surface area contributed by atoms with Crippen molar-refractivity contribution in [2.75, 3.05) is 27.3 Å². The van der Waals surface area contributed by atoms with E-state index in [0.717, 1.165) is 12.8 Å². The predicted molar refractivity (Wildman–Crippen MR) is 85.4 cm³/mol. The average molecular weight is 348 g/mol. The van der Waals surface area contributed by atoms with E-state index in [1.54, 1.807) is 17.0 Å². The van der Waals surface area contributed by atoms with Gasteiger partial charge in [-0.15, -0.1) is 0 Å². The van der Waals surface area contributed by atoms with Crippen LogP contribution in [0.4, 0.5) is 0 Å². The number of hydrogen-bond acceptors (Lipinski definition) is 8. The molecule has 0 saturated carbocycles. The molecule has 9 heteroatoms. The number of ether oxygens (including phenoxy) is 3. The molecule has 3 heterocycles. The Bertz CT molecular complexity index is 699. The van der Waals surface area contributed by atoms with E-state index < -0.39 is 0 Å². The summed E-state index contributed by atoms with van der Waals surface area (Å²) in [5.74, 6) is 1.08. The van der Waals surface area contributed by atoms with Crippen LogP contribution in [0.5, 0.6) is 11.8 Å². The smallest absolute Gasteiger partial charge is 0.259 e. The molecule has 1 saturated heterocycles. The number of carbonyl (C=O) groups is 1. The van der Waals surface area contributed by atoms with Crippen molar-refractivity contribution in [1.29, 1.82) is 0 Å². The lowest BCUT2D eigenvalue weighted by molar-refractivity contribution is -0.00357. The van der Waals surface area contributed by atoms with Gasteiger partial charge in [-0.25, -0.2) is 0 Å². The Balaban J connectivity index is 1.56. The van der Waals surface area contributed by atoms with Crippen LogP contribution >= 0.6 is 0 Å². The lowest BCUT2D eigenvalue weighted by Crippen LogP contribution is -2.41. The van der Waals surface area contributed by atoms with E-state index in [-0.39, 0.29) is 17.9 Å². The molecule has 1 aliphatic heterocycles. The molecular weight excluding hydrogens is 328 g/mol. The van der Waals surface area contributed by atoms with Gasteiger partial charge in [-0.05, 0) is 18.9 Å². The third-order valence-electron chi connectivity index (χ3n) is 4.05. The van der Waals surface area contributed by atoms with Crippen LogP contribution in [-0.4, -0.2) is 59.3 Å². The molecule has 25 heavy (non-hydrogen) atoms. The van der Waals surface area contributed by atoms with Crippen molar-refractivity contribution in [2.45, 2.75) is 25.6 Å². The van der Waals surface area contributed by atoms with E-state index >= 15 is 0 Å². The van der Waals surface area contributed by atoms with Crippen LogP contribution in [0.2, 0.25) is 0 Å². The molecule has 1 fully saturated rings.